The number of carbonyl (C=O) groups is 1. The number of nitrogens with one attached hydrogen (secondary N) is 1. The lowest BCUT2D eigenvalue weighted by Crippen LogP contribution is -2.62. The molecule has 3 saturated heterocycles. The number of aryl methyl sites for hydroxylation is 1. The summed E-state index contributed by atoms with van der Waals surface area (Å²) in [5.74, 6) is 0.524. The van der Waals surface area contributed by atoms with Crippen LogP contribution < -0.4 is 5.32 Å². The van der Waals surface area contributed by atoms with Gasteiger partial charge in [-0.05, 0) is 57.3 Å². The van der Waals surface area contributed by atoms with Crippen LogP contribution in [0.5, 0.6) is 0 Å². The van der Waals surface area contributed by atoms with Crippen LogP contribution in [0.3, 0.4) is 0 Å². The zero-order chi connectivity index (χ0) is 15.3. The van der Waals surface area contributed by atoms with Crippen molar-refractivity contribution in [2.75, 3.05) is 13.1 Å². The van der Waals surface area contributed by atoms with E-state index in [1.165, 1.54) is 12.8 Å². The first-order valence-electron chi connectivity index (χ1n) is 8.02. The molecule has 0 aliphatic carbocycles. The van der Waals surface area contributed by atoms with Gasteiger partial charge in [0.05, 0.1) is 12.5 Å². The van der Waals surface area contributed by atoms with Crippen molar-refractivity contribution in [3.05, 3.63) is 29.8 Å². The smallest absolute Gasteiger partial charge is 0.270 e. The second-order valence-corrected chi connectivity index (χ2v) is 6.60. The number of carbonyl (C=O) groups excluding carboxylic acids is 1. The molecule has 22 heavy (non-hydrogen) atoms. The Kier molecular flexibility index (Phi) is 3.18. The minimum absolute atomic E-state index is 0.0758. The van der Waals surface area contributed by atoms with Crippen LogP contribution in [-0.2, 0) is 0 Å². The molecule has 2 aromatic heterocycles. The Morgan fingerprint density at radius 1 is 1.41 bits per heavy atom. The molecule has 5 rings (SSSR count). The van der Waals surface area contributed by atoms with E-state index in [4.69, 9.17) is 4.42 Å². The highest BCUT2D eigenvalue weighted by atomic mass is 16.3. The summed E-state index contributed by atoms with van der Waals surface area (Å²) in [5.41, 5.74) is 2.23. The number of hydrogen-bond donors (Lipinski definition) is 1. The molecular weight excluding hydrogens is 278 g/mol. The average molecular weight is 299 g/mol. The lowest BCUT2D eigenvalue weighted by Gasteiger charge is -2.49. The first kappa shape index (κ1) is 13.8. The van der Waals surface area contributed by atoms with Gasteiger partial charge in [-0.15, -0.1) is 0 Å². The number of furan rings is 1. The highest BCUT2D eigenvalue weighted by Gasteiger charge is 2.40. The molecule has 5 heterocycles. The fourth-order valence-electron chi connectivity index (χ4n) is 3.96. The van der Waals surface area contributed by atoms with Crippen molar-refractivity contribution >= 4 is 16.9 Å². The van der Waals surface area contributed by atoms with E-state index in [9.17, 15) is 4.79 Å². The Morgan fingerprint density at radius 3 is 2.91 bits per heavy atom. The van der Waals surface area contributed by atoms with E-state index in [0.29, 0.717) is 17.7 Å². The molecule has 116 valence electrons. The summed E-state index contributed by atoms with van der Waals surface area (Å²) >= 11 is 0. The number of nitrogens with zero attached hydrogens (tertiary/aromatic N) is 2. The first-order chi connectivity index (χ1) is 10.6. The number of piperidine rings is 3. The number of fused-ring (bicyclic) bond motifs is 4. The SMILES string of the molecule is Cc1coc2cnc(C(=O)NC3C4CCN(CC4)C3C)cc12. The molecule has 2 bridgehead atoms. The lowest BCUT2D eigenvalue weighted by atomic mass is 9.79. The summed E-state index contributed by atoms with van der Waals surface area (Å²) in [5, 5.41) is 4.18. The van der Waals surface area contributed by atoms with Crippen molar-refractivity contribution in [1.29, 1.82) is 0 Å². The molecule has 0 spiro atoms. The molecule has 0 saturated carbocycles. The summed E-state index contributed by atoms with van der Waals surface area (Å²) in [6.45, 7) is 6.52. The van der Waals surface area contributed by atoms with Gasteiger partial charge in [0, 0.05) is 17.5 Å². The standard InChI is InChI=1S/C17H21N3O2/c1-10-9-22-15-8-18-14(7-13(10)15)17(21)19-16-11(2)20-5-3-12(16)4-6-20/h7-9,11-12,16H,3-6H2,1-2H3,(H,19,21). The molecule has 0 radical (unpaired) electrons. The quantitative estimate of drug-likeness (QED) is 0.925. The zero-order valence-electron chi connectivity index (χ0n) is 13.0. The second-order valence-electron chi connectivity index (χ2n) is 6.60. The highest BCUT2D eigenvalue weighted by Crippen LogP contribution is 2.32. The normalized spacial score (nSPS) is 30.6. The van der Waals surface area contributed by atoms with Gasteiger partial charge in [0.1, 0.15) is 5.69 Å². The maximum absolute atomic E-state index is 12.6. The van der Waals surface area contributed by atoms with Crippen LogP contribution in [-0.4, -0.2) is 41.0 Å². The van der Waals surface area contributed by atoms with E-state index in [2.05, 4.69) is 22.1 Å². The van der Waals surface area contributed by atoms with Crippen molar-refractivity contribution in [2.24, 2.45) is 5.92 Å². The summed E-state index contributed by atoms with van der Waals surface area (Å²) in [6.07, 6.45) is 5.70. The number of hydrogen-bond acceptors (Lipinski definition) is 4. The second kappa shape index (κ2) is 5.09. The van der Waals surface area contributed by atoms with Crippen LogP contribution >= 0.6 is 0 Å². The predicted octanol–water partition coefficient (Wildman–Crippen LogP) is 2.35. The molecule has 0 aromatic carbocycles. The van der Waals surface area contributed by atoms with E-state index >= 15 is 0 Å². The van der Waals surface area contributed by atoms with Gasteiger partial charge in [-0.25, -0.2) is 4.98 Å². The van der Waals surface area contributed by atoms with Crippen molar-refractivity contribution in [2.45, 2.75) is 38.8 Å². The minimum atomic E-state index is -0.0758. The van der Waals surface area contributed by atoms with Gasteiger partial charge in [0.15, 0.2) is 5.58 Å². The maximum atomic E-state index is 12.6. The van der Waals surface area contributed by atoms with Crippen molar-refractivity contribution in [1.82, 2.24) is 15.2 Å². The molecule has 3 fully saturated rings. The van der Waals surface area contributed by atoms with Crippen LogP contribution in [0.4, 0.5) is 0 Å². The zero-order valence-corrected chi connectivity index (χ0v) is 13.0. The van der Waals surface area contributed by atoms with E-state index in [1.807, 2.05) is 13.0 Å². The molecule has 1 N–H and O–H groups in total. The van der Waals surface area contributed by atoms with Gasteiger partial charge in [0.25, 0.3) is 5.91 Å². The third kappa shape index (κ3) is 2.11. The van der Waals surface area contributed by atoms with Crippen molar-refractivity contribution in [3.63, 3.8) is 0 Å². The van der Waals surface area contributed by atoms with Gasteiger partial charge in [-0.1, -0.05) is 0 Å². The molecule has 1 amide bonds. The van der Waals surface area contributed by atoms with E-state index in [1.54, 1.807) is 12.5 Å². The molecule has 2 unspecified atom stereocenters. The van der Waals surface area contributed by atoms with Gasteiger partial charge in [-0.2, -0.15) is 0 Å². The third-order valence-corrected chi connectivity index (χ3v) is 5.36. The largest absolute Gasteiger partial charge is 0.462 e. The molecule has 2 atom stereocenters. The summed E-state index contributed by atoms with van der Waals surface area (Å²) < 4.78 is 5.39. The fraction of sp³-hybridized carbons (Fsp3) is 0.529. The number of rotatable bonds is 2. The van der Waals surface area contributed by atoms with Gasteiger partial charge < -0.3 is 9.73 Å². The Labute approximate surface area is 129 Å². The van der Waals surface area contributed by atoms with Crippen LogP contribution in [0.2, 0.25) is 0 Å². The Hall–Kier alpha value is -1.88. The van der Waals surface area contributed by atoms with Crippen LogP contribution in [0.1, 0.15) is 35.8 Å². The fourth-order valence-corrected chi connectivity index (χ4v) is 3.96. The molecule has 3 aliphatic rings. The number of amides is 1. The molecule has 5 nitrogen and oxygen atoms in total. The number of aromatic nitrogens is 1. The molecule has 2 aromatic rings. The van der Waals surface area contributed by atoms with Gasteiger partial charge >= 0.3 is 0 Å². The van der Waals surface area contributed by atoms with Gasteiger partial charge in [0.2, 0.25) is 0 Å². The van der Waals surface area contributed by atoms with Crippen molar-refractivity contribution < 1.29 is 9.21 Å². The maximum Gasteiger partial charge on any atom is 0.270 e. The number of pyridine rings is 1. The Bertz CT molecular complexity index is 714. The van der Waals surface area contributed by atoms with Crippen LogP contribution in [0.15, 0.2) is 22.9 Å². The minimum Gasteiger partial charge on any atom is -0.462 e. The third-order valence-electron chi connectivity index (χ3n) is 5.36. The molecule has 3 aliphatic heterocycles. The van der Waals surface area contributed by atoms with Crippen LogP contribution in [0.25, 0.3) is 11.0 Å². The lowest BCUT2D eigenvalue weighted by molar-refractivity contribution is 0.0216. The average Bonchev–Trinajstić information content (AvgIpc) is 2.92. The van der Waals surface area contributed by atoms with E-state index in [-0.39, 0.29) is 11.9 Å². The van der Waals surface area contributed by atoms with Gasteiger partial charge in [-0.3, -0.25) is 9.69 Å². The predicted molar refractivity (Wildman–Crippen MR) is 83.8 cm³/mol. The first-order valence-corrected chi connectivity index (χ1v) is 8.02. The summed E-state index contributed by atoms with van der Waals surface area (Å²) in [6, 6.07) is 2.48. The topological polar surface area (TPSA) is 58.4 Å². The van der Waals surface area contributed by atoms with E-state index in [0.717, 1.165) is 29.6 Å². The van der Waals surface area contributed by atoms with Crippen LogP contribution in [0, 0.1) is 12.8 Å². The van der Waals surface area contributed by atoms with Crippen molar-refractivity contribution in [3.8, 4) is 0 Å². The Balaban J connectivity index is 1.57. The monoisotopic (exact) mass is 299 g/mol. The molecule has 5 heteroatoms. The highest BCUT2D eigenvalue weighted by molar-refractivity contribution is 5.96. The summed E-state index contributed by atoms with van der Waals surface area (Å²) in [7, 11) is 0. The van der Waals surface area contributed by atoms with E-state index < -0.39 is 0 Å². The molecular formula is C17H21N3O2. The summed E-state index contributed by atoms with van der Waals surface area (Å²) in [4.78, 5) is 19.3. The Morgan fingerprint density at radius 2 is 2.18 bits per heavy atom.